The highest BCUT2D eigenvalue weighted by atomic mass is 32.1. The van der Waals surface area contributed by atoms with Gasteiger partial charge in [0.2, 0.25) is 11.8 Å². The Labute approximate surface area is 189 Å². The Morgan fingerprint density at radius 2 is 1.84 bits per heavy atom. The van der Waals surface area contributed by atoms with Crippen molar-refractivity contribution in [1.82, 2.24) is 4.98 Å². The quantitative estimate of drug-likeness (QED) is 0.381. The van der Waals surface area contributed by atoms with Crippen molar-refractivity contribution in [2.75, 3.05) is 19.0 Å². The molecule has 7 nitrogen and oxygen atoms in total. The number of carbonyl (C=O) groups excluding carboxylic acids is 2. The highest BCUT2D eigenvalue weighted by molar-refractivity contribution is 7.21. The Morgan fingerprint density at radius 3 is 2.56 bits per heavy atom. The van der Waals surface area contributed by atoms with Crippen LogP contribution in [0.25, 0.3) is 20.8 Å². The van der Waals surface area contributed by atoms with E-state index in [0.29, 0.717) is 22.1 Å². The second-order valence-electron chi connectivity index (χ2n) is 7.18. The van der Waals surface area contributed by atoms with Crippen molar-refractivity contribution < 1.29 is 23.5 Å². The van der Waals surface area contributed by atoms with Crippen LogP contribution >= 0.6 is 11.3 Å². The standard InChI is InChI=1S/C24H22N2O5S/c1-14-8-10-16(11-9-14)30-13-12-19(27)26-22-21(20(15(2)31-22)24(28)29-3)23-25-17-6-4-5-7-18(17)32-23/h4-11H,12-13H2,1-3H3,(H,26,27). The van der Waals surface area contributed by atoms with Crippen molar-refractivity contribution in [2.45, 2.75) is 20.3 Å². The number of esters is 1. The molecule has 4 rings (SSSR count). The van der Waals surface area contributed by atoms with Crippen molar-refractivity contribution in [3.8, 4) is 16.3 Å². The molecule has 0 radical (unpaired) electrons. The lowest BCUT2D eigenvalue weighted by Crippen LogP contribution is -2.15. The molecule has 0 saturated heterocycles. The van der Waals surface area contributed by atoms with Gasteiger partial charge >= 0.3 is 5.97 Å². The van der Waals surface area contributed by atoms with Gasteiger partial charge in [-0.15, -0.1) is 11.3 Å². The molecule has 0 aliphatic carbocycles. The van der Waals surface area contributed by atoms with E-state index in [-0.39, 0.29) is 30.4 Å². The van der Waals surface area contributed by atoms with Gasteiger partial charge in [-0.05, 0) is 38.1 Å². The molecule has 1 amide bonds. The summed E-state index contributed by atoms with van der Waals surface area (Å²) < 4.78 is 17.3. The molecule has 2 aromatic carbocycles. The molecule has 0 bridgehead atoms. The van der Waals surface area contributed by atoms with Crippen LogP contribution < -0.4 is 10.1 Å². The zero-order valence-corrected chi connectivity index (χ0v) is 18.7. The molecule has 164 valence electrons. The summed E-state index contributed by atoms with van der Waals surface area (Å²) in [5.41, 5.74) is 2.60. The molecule has 4 aromatic rings. The molecule has 0 aliphatic rings. The van der Waals surface area contributed by atoms with E-state index in [1.807, 2.05) is 55.5 Å². The number of rotatable bonds is 7. The molecule has 1 N–H and O–H groups in total. The van der Waals surface area contributed by atoms with E-state index in [1.165, 1.54) is 18.4 Å². The third-order valence-electron chi connectivity index (χ3n) is 4.85. The lowest BCUT2D eigenvalue weighted by atomic mass is 10.1. The summed E-state index contributed by atoms with van der Waals surface area (Å²) in [6, 6.07) is 15.3. The third-order valence-corrected chi connectivity index (χ3v) is 5.91. The van der Waals surface area contributed by atoms with Crippen LogP contribution in [0.4, 0.5) is 5.88 Å². The van der Waals surface area contributed by atoms with Crippen molar-refractivity contribution in [1.29, 1.82) is 0 Å². The highest BCUT2D eigenvalue weighted by Gasteiger charge is 2.28. The first kappa shape index (κ1) is 21.6. The number of aryl methyl sites for hydroxylation is 2. The molecule has 32 heavy (non-hydrogen) atoms. The van der Waals surface area contributed by atoms with Gasteiger partial charge in [-0.2, -0.15) is 0 Å². The Morgan fingerprint density at radius 1 is 1.09 bits per heavy atom. The number of para-hydroxylation sites is 1. The number of thiazole rings is 1. The lowest BCUT2D eigenvalue weighted by molar-refractivity contribution is -0.116. The Kier molecular flexibility index (Phi) is 6.23. The number of benzene rings is 2. The van der Waals surface area contributed by atoms with Crippen molar-refractivity contribution in [3.63, 3.8) is 0 Å². The first-order valence-electron chi connectivity index (χ1n) is 10.0. The number of amides is 1. The summed E-state index contributed by atoms with van der Waals surface area (Å²) in [5, 5.41) is 3.33. The molecular weight excluding hydrogens is 428 g/mol. The number of ether oxygens (including phenoxy) is 2. The summed E-state index contributed by atoms with van der Waals surface area (Å²) in [5.74, 6) is 0.355. The average molecular weight is 451 g/mol. The zero-order valence-electron chi connectivity index (χ0n) is 17.9. The van der Waals surface area contributed by atoms with Crippen LogP contribution in [0.15, 0.2) is 52.9 Å². The molecule has 0 aliphatic heterocycles. The van der Waals surface area contributed by atoms with E-state index >= 15 is 0 Å². The van der Waals surface area contributed by atoms with Gasteiger partial charge in [0.15, 0.2) is 0 Å². The molecule has 8 heteroatoms. The van der Waals surface area contributed by atoms with Crippen LogP contribution in [0, 0.1) is 13.8 Å². The van der Waals surface area contributed by atoms with Gasteiger partial charge in [-0.25, -0.2) is 9.78 Å². The molecule has 0 atom stereocenters. The normalized spacial score (nSPS) is 10.8. The van der Waals surface area contributed by atoms with E-state index < -0.39 is 5.97 Å². The average Bonchev–Trinajstić information content (AvgIpc) is 3.34. The third kappa shape index (κ3) is 4.50. The number of hydrogen-bond donors (Lipinski definition) is 1. The minimum absolute atomic E-state index is 0.112. The van der Waals surface area contributed by atoms with Gasteiger partial charge in [0.05, 0.1) is 35.9 Å². The SMILES string of the molecule is COC(=O)c1c(C)oc(NC(=O)CCOc2ccc(C)cc2)c1-c1nc2ccccc2s1. The molecule has 0 unspecified atom stereocenters. The maximum Gasteiger partial charge on any atom is 0.342 e. The predicted octanol–water partition coefficient (Wildman–Crippen LogP) is 5.37. The first-order chi connectivity index (χ1) is 15.5. The van der Waals surface area contributed by atoms with Crippen LogP contribution in [0.2, 0.25) is 0 Å². The summed E-state index contributed by atoms with van der Waals surface area (Å²) in [6.45, 7) is 3.85. The largest absolute Gasteiger partial charge is 0.493 e. The predicted molar refractivity (Wildman–Crippen MR) is 123 cm³/mol. The van der Waals surface area contributed by atoms with Crippen LogP contribution in [0.3, 0.4) is 0 Å². The number of furan rings is 1. The fourth-order valence-corrected chi connectivity index (χ4v) is 4.26. The van der Waals surface area contributed by atoms with Crippen molar-refractivity contribution in [2.24, 2.45) is 0 Å². The van der Waals surface area contributed by atoms with Gasteiger partial charge in [0.25, 0.3) is 0 Å². The molecule has 0 saturated carbocycles. The highest BCUT2D eigenvalue weighted by Crippen LogP contribution is 2.40. The Bertz CT molecular complexity index is 1240. The van der Waals surface area contributed by atoms with Gasteiger partial charge in [-0.3, -0.25) is 10.1 Å². The number of carbonyl (C=O) groups is 2. The van der Waals surface area contributed by atoms with E-state index in [9.17, 15) is 9.59 Å². The van der Waals surface area contributed by atoms with Gasteiger partial charge in [0.1, 0.15) is 22.1 Å². The maximum atomic E-state index is 12.6. The number of aromatic nitrogens is 1. The molecule has 2 aromatic heterocycles. The minimum atomic E-state index is -0.552. The fraction of sp³-hybridized carbons (Fsp3) is 0.208. The van der Waals surface area contributed by atoms with Crippen LogP contribution in [0.5, 0.6) is 5.75 Å². The van der Waals surface area contributed by atoms with Crippen molar-refractivity contribution in [3.05, 3.63) is 65.4 Å². The molecule has 2 heterocycles. The maximum absolute atomic E-state index is 12.6. The molecular formula is C24H22N2O5S. The first-order valence-corrected chi connectivity index (χ1v) is 10.8. The summed E-state index contributed by atoms with van der Waals surface area (Å²) in [7, 11) is 1.30. The minimum Gasteiger partial charge on any atom is -0.493 e. The fourth-order valence-electron chi connectivity index (χ4n) is 3.25. The van der Waals surface area contributed by atoms with E-state index in [2.05, 4.69) is 10.3 Å². The Hall–Kier alpha value is -3.65. The number of methoxy groups -OCH3 is 1. The number of nitrogens with zero attached hydrogens (tertiary/aromatic N) is 1. The van der Waals surface area contributed by atoms with E-state index in [0.717, 1.165) is 15.8 Å². The monoisotopic (exact) mass is 450 g/mol. The summed E-state index contributed by atoms with van der Waals surface area (Å²) >= 11 is 1.41. The Balaban J connectivity index is 1.57. The van der Waals surface area contributed by atoms with E-state index in [4.69, 9.17) is 13.9 Å². The van der Waals surface area contributed by atoms with Crippen LogP contribution in [-0.2, 0) is 9.53 Å². The lowest BCUT2D eigenvalue weighted by Gasteiger charge is -2.07. The van der Waals surface area contributed by atoms with Gasteiger partial charge < -0.3 is 13.9 Å². The van der Waals surface area contributed by atoms with Gasteiger partial charge in [-0.1, -0.05) is 29.8 Å². The number of nitrogens with one attached hydrogen (secondary N) is 1. The second-order valence-corrected chi connectivity index (χ2v) is 8.21. The van der Waals surface area contributed by atoms with E-state index in [1.54, 1.807) is 6.92 Å². The smallest absolute Gasteiger partial charge is 0.342 e. The topological polar surface area (TPSA) is 90.7 Å². The second kappa shape index (κ2) is 9.23. The number of anilines is 1. The van der Waals surface area contributed by atoms with Crippen LogP contribution in [-0.4, -0.2) is 30.6 Å². The van der Waals surface area contributed by atoms with Gasteiger partial charge in [0, 0.05) is 0 Å². The summed E-state index contributed by atoms with van der Waals surface area (Å²) in [4.78, 5) is 29.7. The van der Waals surface area contributed by atoms with Crippen molar-refractivity contribution >= 4 is 39.3 Å². The molecule has 0 fully saturated rings. The summed E-state index contributed by atoms with van der Waals surface area (Å²) in [6.07, 6.45) is 0.112. The van der Waals surface area contributed by atoms with Crippen LogP contribution in [0.1, 0.15) is 28.1 Å². The number of hydrogen-bond acceptors (Lipinski definition) is 7. The zero-order chi connectivity index (χ0) is 22.7. The number of fused-ring (bicyclic) bond motifs is 1. The molecule has 0 spiro atoms.